The van der Waals surface area contributed by atoms with E-state index in [0.29, 0.717) is 6.61 Å². The smallest absolute Gasteiger partial charge is 0.261 e. The van der Waals surface area contributed by atoms with Crippen LogP contribution in [-0.4, -0.2) is 41.6 Å². The molecule has 25 heavy (non-hydrogen) atoms. The lowest BCUT2D eigenvalue weighted by atomic mass is 10.4. The first kappa shape index (κ1) is 19.3. The van der Waals surface area contributed by atoms with Crippen molar-refractivity contribution in [3.05, 3.63) is 48.8 Å². The van der Waals surface area contributed by atoms with E-state index in [4.69, 9.17) is 4.74 Å². The van der Waals surface area contributed by atoms with E-state index in [9.17, 15) is 16.8 Å². The van der Waals surface area contributed by atoms with Crippen LogP contribution < -0.4 is 9.44 Å². The van der Waals surface area contributed by atoms with Crippen molar-refractivity contribution in [3.8, 4) is 0 Å². The quantitative estimate of drug-likeness (QED) is 0.627. The van der Waals surface area contributed by atoms with Crippen molar-refractivity contribution in [1.82, 2.24) is 9.71 Å². The van der Waals surface area contributed by atoms with Gasteiger partial charge in [0, 0.05) is 19.3 Å². The predicted molar refractivity (Wildman–Crippen MR) is 93.2 cm³/mol. The molecule has 10 heteroatoms. The van der Waals surface area contributed by atoms with Crippen LogP contribution in [-0.2, 0) is 24.8 Å². The first-order valence-electron chi connectivity index (χ1n) is 7.45. The van der Waals surface area contributed by atoms with E-state index in [1.54, 1.807) is 19.1 Å². The van der Waals surface area contributed by atoms with E-state index < -0.39 is 20.0 Å². The van der Waals surface area contributed by atoms with Crippen molar-refractivity contribution in [2.45, 2.75) is 16.7 Å². The zero-order valence-electron chi connectivity index (χ0n) is 13.5. The molecule has 1 aromatic heterocycles. The van der Waals surface area contributed by atoms with Crippen LogP contribution in [0, 0.1) is 0 Å². The summed E-state index contributed by atoms with van der Waals surface area (Å²) in [4.78, 5) is 3.52. The largest absolute Gasteiger partial charge is 0.380 e. The third kappa shape index (κ3) is 5.49. The molecule has 0 unspecified atom stereocenters. The fraction of sp³-hybridized carbons (Fsp3) is 0.267. The number of sulfonamides is 2. The van der Waals surface area contributed by atoms with Crippen molar-refractivity contribution >= 4 is 25.7 Å². The van der Waals surface area contributed by atoms with Gasteiger partial charge in [-0.15, -0.1) is 0 Å². The van der Waals surface area contributed by atoms with E-state index in [1.165, 1.54) is 30.6 Å². The predicted octanol–water partition coefficient (Wildman–Crippen LogP) is 1.20. The summed E-state index contributed by atoms with van der Waals surface area (Å²) in [5, 5.41) is 0. The van der Waals surface area contributed by atoms with Gasteiger partial charge in [0.05, 0.1) is 28.3 Å². The van der Waals surface area contributed by atoms with Crippen LogP contribution >= 0.6 is 0 Å². The molecule has 136 valence electrons. The molecule has 0 spiro atoms. The van der Waals surface area contributed by atoms with E-state index in [0.717, 1.165) is 6.07 Å². The van der Waals surface area contributed by atoms with Gasteiger partial charge in [0.1, 0.15) is 0 Å². The molecule has 0 aliphatic heterocycles. The highest BCUT2D eigenvalue weighted by Crippen LogP contribution is 2.18. The van der Waals surface area contributed by atoms with Crippen LogP contribution in [0.1, 0.15) is 6.92 Å². The van der Waals surface area contributed by atoms with Crippen LogP contribution in [0.5, 0.6) is 0 Å². The lowest BCUT2D eigenvalue weighted by molar-refractivity contribution is 0.153. The third-order valence-corrected chi connectivity index (χ3v) is 5.92. The molecule has 1 aromatic carbocycles. The maximum Gasteiger partial charge on any atom is 0.261 e. The molecule has 2 rings (SSSR count). The van der Waals surface area contributed by atoms with Crippen molar-refractivity contribution in [2.75, 3.05) is 24.5 Å². The van der Waals surface area contributed by atoms with Gasteiger partial charge in [-0.25, -0.2) is 21.6 Å². The Balaban J connectivity index is 2.20. The molecule has 1 heterocycles. The number of hydrogen-bond donors (Lipinski definition) is 2. The zero-order chi connectivity index (χ0) is 18.3. The Bertz CT molecular complexity index is 900. The van der Waals surface area contributed by atoms with Crippen LogP contribution in [0.25, 0.3) is 0 Å². The molecule has 2 aromatic rings. The highest BCUT2D eigenvalue weighted by molar-refractivity contribution is 7.93. The summed E-state index contributed by atoms with van der Waals surface area (Å²) >= 11 is 0. The molecule has 0 aliphatic carbocycles. The molecule has 2 N–H and O–H groups in total. The topological polar surface area (TPSA) is 114 Å². The number of nitrogens with one attached hydrogen (secondary N) is 2. The van der Waals surface area contributed by atoms with Crippen LogP contribution in [0.2, 0.25) is 0 Å². The summed E-state index contributed by atoms with van der Waals surface area (Å²) in [5.41, 5.74) is 0.283. The van der Waals surface area contributed by atoms with Gasteiger partial charge in [-0.3, -0.25) is 9.71 Å². The number of ether oxygens (including phenoxy) is 1. The summed E-state index contributed by atoms with van der Waals surface area (Å²) in [6, 6.07) is 8.24. The maximum absolute atomic E-state index is 12.4. The number of benzene rings is 1. The molecule has 0 atom stereocenters. The number of anilines is 1. The second-order valence-electron chi connectivity index (χ2n) is 4.92. The molecule has 0 aliphatic rings. The molecule has 8 nitrogen and oxygen atoms in total. The highest BCUT2D eigenvalue weighted by atomic mass is 32.2. The van der Waals surface area contributed by atoms with Gasteiger partial charge >= 0.3 is 0 Å². The molecule has 0 saturated carbocycles. The van der Waals surface area contributed by atoms with Gasteiger partial charge in [-0.05, 0) is 37.3 Å². The van der Waals surface area contributed by atoms with Gasteiger partial charge in [0.15, 0.2) is 0 Å². The average Bonchev–Trinajstić information content (AvgIpc) is 2.59. The van der Waals surface area contributed by atoms with Crippen molar-refractivity contribution < 1.29 is 21.6 Å². The molecular formula is C15H19N3O5S2. The van der Waals surface area contributed by atoms with Crippen LogP contribution in [0.15, 0.2) is 58.6 Å². The summed E-state index contributed by atoms with van der Waals surface area (Å²) in [6.45, 7) is 2.62. The van der Waals surface area contributed by atoms with Crippen molar-refractivity contribution in [2.24, 2.45) is 0 Å². The van der Waals surface area contributed by atoms with E-state index in [-0.39, 0.29) is 28.6 Å². The Labute approximate surface area is 147 Å². The lowest BCUT2D eigenvalue weighted by Gasteiger charge is -2.10. The molecule has 0 bridgehead atoms. The maximum atomic E-state index is 12.4. The SMILES string of the molecule is CCOCCNS(=O)(=O)c1cccc(S(=O)(=O)Nc2cccnc2)c1. The van der Waals surface area contributed by atoms with Gasteiger partial charge < -0.3 is 4.74 Å². The fourth-order valence-corrected chi connectivity index (χ4v) is 4.14. The minimum atomic E-state index is -3.93. The van der Waals surface area contributed by atoms with E-state index in [2.05, 4.69) is 14.4 Å². The molecule has 0 radical (unpaired) electrons. The molecule has 0 amide bonds. The lowest BCUT2D eigenvalue weighted by Crippen LogP contribution is -2.27. The monoisotopic (exact) mass is 385 g/mol. The number of hydrogen-bond acceptors (Lipinski definition) is 6. The molecule has 0 saturated heterocycles. The Morgan fingerprint density at radius 3 is 2.40 bits per heavy atom. The summed E-state index contributed by atoms with van der Waals surface area (Å²) in [6.07, 6.45) is 2.87. The minimum absolute atomic E-state index is 0.0983. The Hall–Kier alpha value is -2.01. The van der Waals surface area contributed by atoms with Gasteiger partial charge in [0.2, 0.25) is 10.0 Å². The number of rotatable bonds is 9. The summed E-state index contributed by atoms with van der Waals surface area (Å²) < 4.78 is 59.1. The first-order chi connectivity index (χ1) is 11.8. The van der Waals surface area contributed by atoms with Crippen molar-refractivity contribution in [1.29, 1.82) is 0 Å². The molecular weight excluding hydrogens is 366 g/mol. The summed E-state index contributed by atoms with van der Waals surface area (Å²) in [5.74, 6) is 0. The number of aromatic nitrogens is 1. The van der Waals surface area contributed by atoms with Crippen LogP contribution in [0.3, 0.4) is 0 Å². The fourth-order valence-electron chi connectivity index (χ4n) is 1.92. The second kappa shape index (κ2) is 8.39. The zero-order valence-corrected chi connectivity index (χ0v) is 15.2. The Morgan fingerprint density at radius 1 is 1.04 bits per heavy atom. The average molecular weight is 385 g/mol. The number of nitrogens with zero attached hydrogens (tertiary/aromatic N) is 1. The van der Waals surface area contributed by atoms with Crippen LogP contribution in [0.4, 0.5) is 5.69 Å². The van der Waals surface area contributed by atoms with E-state index in [1.807, 2.05) is 0 Å². The second-order valence-corrected chi connectivity index (χ2v) is 8.37. The van der Waals surface area contributed by atoms with Gasteiger partial charge in [-0.2, -0.15) is 0 Å². The minimum Gasteiger partial charge on any atom is -0.380 e. The first-order valence-corrected chi connectivity index (χ1v) is 10.4. The normalized spacial score (nSPS) is 12.0. The van der Waals surface area contributed by atoms with Gasteiger partial charge in [-0.1, -0.05) is 6.07 Å². The summed E-state index contributed by atoms with van der Waals surface area (Å²) in [7, 11) is -7.76. The Morgan fingerprint density at radius 2 is 1.76 bits per heavy atom. The Kier molecular flexibility index (Phi) is 6.48. The van der Waals surface area contributed by atoms with Gasteiger partial charge in [0.25, 0.3) is 10.0 Å². The van der Waals surface area contributed by atoms with Crippen molar-refractivity contribution in [3.63, 3.8) is 0 Å². The van der Waals surface area contributed by atoms with E-state index >= 15 is 0 Å². The molecule has 0 fully saturated rings. The highest BCUT2D eigenvalue weighted by Gasteiger charge is 2.19. The standard InChI is InChI=1S/C15H19N3O5S2/c1-2-23-10-9-17-24(19,20)14-6-3-7-15(11-14)25(21,22)18-13-5-4-8-16-12-13/h3-8,11-12,17-18H,2,9-10H2,1H3. The third-order valence-electron chi connectivity index (χ3n) is 3.08. The number of pyridine rings is 1.